The summed E-state index contributed by atoms with van der Waals surface area (Å²) in [4.78, 5) is 0. The summed E-state index contributed by atoms with van der Waals surface area (Å²) >= 11 is 5.86. The summed E-state index contributed by atoms with van der Waals surface area (Å²) in [5, 5.41) is 10.0. The van der Waals surface area contributed by atoms with E-state index in [9.17, 15) is 5.26 Å². The van der Waals surface area contributed by atoms with E-state index < -0.39 is 0 Å². The molecule has 2 rings (SSSR count). The molecule has 1 nitrogen and oxygen atoms in total. The Kier molecular flexibility index (Phi) is 4.02. The highest BCUT2D eigenvalue weighted by molar-refractivity contribution is 6.30. The number of benzene rings is 2. The summed E-state index contributed by atoms with van der Waals surface area (Å²) in [7, 11) is 0. The molecule has 1 unspecified atom stereocenters. The zero-order valence-electron chi connectivity index (χ0n) is 10.2. The van der Waals surface area contributed by atoms with Crippen LogP contribution in [0.25, 0.3) is 0 Å². The molecule has 0 spiro atoms. The minimum atomic E-state index is -0.122. The zero-order chi connectivity index (χ0) is 13.0. The normalized spacial score (nSPS) is 11.8. The molecule has 90 valence electrons. The van der Waals surface area contributed by atoms with E-state index in [1.165, 1.54) is 11.1 Å². The maximum Gasteiger partial charge on any atom is 0.0753 e. The highest BCUT2D eigenvalue weighted by atomic mass is 35.5. The van der Waals surface area contributed by atoms with Gasteiger partial charge in [0, 0.05) is 5.02 Å². The molecule has 0 saturated carbocycles. The van der Waals surface area contributed by atoms with E-state index in [4.69, 9.17) is 11.6 Å². The van der Waals surface area contributed by atoms with Crippen LogP contribution in [0, 0.1) is 18.3 Å². The van der Waals surface area contributed by atoms with Crippen LogP contribution in [0.1, 0.15) is 22.6 Å². The van der Waals surface area contributed by atoms with Crippen LogP contribution in [0.4, 0.5) is 0 Å². The zero-order valence-corrected chi connectivity index (χ0v) is 11.0. The Morgan fingerprint density at radius 3 is 2.39 bits per heavy atom. The second kappa shape index (κ2) is 5.71. The van der Waals surface area contributed by atoms with E-state index in [0.29, 0.717) is 5.02 Å². The molecule has 0 aliphatic carbocycles. The van der Waals surface area contributed by atoms with Crippen molar-refractivity contribution in [3.05, 3.63) is 70.2 Å². The number of hydrogen-bond acceptors (Lipinski definition) is 1. The molecule has 2 heteroatoms. The number of hydrogen-bond donors (Lipinski definition) is 0. The van der Waals surface area contributed by atoms with Crippen molar-refractivity contribution in [2.75, 3.05) is 0 Å². The molecule has 2 aromatic carbocycles. The summed E-state index contributed by atoms with van der Waals surface area (Å²) in [5.74, 6) is -0.122. The van der Waals surface area contributed by atoms with Gasteiger partial charge < -0.3 is 0 Å². The highest BCUT2D eigenvalue weighted by Crippen LogP contribution is 2.23. The SMILES string of the molecule is Cc1ccccc1CC(C#N)c1ccc(Cl)cc1. The maximum atomic E-state index is 9.32. The van der Waals surface area contributed by atoms with Crippen molar-refractivity contribution in [2.24, 2.45) is 0 Å². The lowest BCUT2D eigenvalue weighted by atomic mass is 9.91. The third-order valence-corrected chi connectivity index (χ3v) is 3.37. The molecule has 2 aromatic rings. The lowest BCUT2D eigenvalue weighted by Gasteiger charge is -2.11. The molecule has 0 aliphatic rings. The van der Waals surface area contributed by atoms with Gasteiger partial charge >= 0.3 is 0 Å². The number of nitrogens with zero attached hydrogens (tertiary/aromatic N) is 1. The van der Waals surface area contributed by atoms with Crippen LogP contribution in [0.15, 0.2) is 48.5 Å². The van der Waals surface area contributed by atoms with Crippen LogP contribution in [0.5, 0.6) is 0 Å². The third kappa shape index (κ3) is 2.91. The second-order valence-electron chi connectivity index (χ2n) is 4.36. The predicted molar refractivity (Wildman–Crippen MR) is 74.7 cm³/mol. The van der Waals surface area contributed by atoms with Crippen LogP contribution < -0.4 is 0 Å². The fourth-order valence-corrected chi connectivity index (χ4v) is 2.12. The molecule has 0 heterocycles. The van der Waals surface area contributed by atoms with Crippen LogP contribution in [-0.2, 0) is 6.42 Å². The van der Waals surface area contributed by atoms with Crippen molar-refractivity contribution in [2.45, 2.75) is 19.3 Å². The van der Waals surface area contributed by atoms with Gasteiger partial charge in [0.25, 0.3) is 0 Å². The minimum Gasteiger partial charge on any atom is -0.198 e. The van der Waals surface area contributed by atoms with Gasteiger partial charge in [-0.2, -0.15) is 5.26 Å². The lowest BCUT2D eigenvalue weighted by Crippen LogP contribution is -2.01. The number of halogens is 1. The molecule has 0 fully saturated rings. The predicted octanol–water partition coefficient (Wildman–Crippen LogP) is 4.50. The van der Waals surface area contributed by atoms with E-state index in [-0.39, 0.29) is 5.92 Å². The lowest BCUT2D eigenvalue weighted by molar-refractivity contribution is 0.843. The largest absolute Gasteiger partial charge is 0.198 e. The Bertz CT molecular complexity index is 566. The van der Waals surface area contributed by atoms with Crippen LogP contribution in [0.2, 0.25) is 5.02 Å². The number of nitriles is 1. The molecule has 1 atom stereocenters. The van der Waals surface area contributed by atoms with E-state index >= 15 is 0 Å². The minimum absolute atomic E-state index is 0.122. The van der Waals surface area contributed by atoms with Gasteiger partial charge in [-0.3, -0.25) is 0 Å². The molecule has 0 N–H and O–H groups in total. The summed E-state index contributed by atoms with van der Waals surface area (Å²) in [6, 6.07) is 18.1. The molecular weight excluding hydrogens is 242 g/mol. The van der Waals surface area contributed by atoms with Crippen LogP contribution >= 0.6 is 11.6 Å². The van der Waals surface area contributed by atoms with Gasteiger partial charge in [-0.1, -0.05) is 48.0 Å². The van der Waals surface area contributed by atoms with E-state index in [1.807, 2.05) is 36.4 Å². The summed E-state index contributed by atoms with van der Waals surface area (Å²) in [6.07, 6.45) is 0.741. The first-order valence-corrected chi connectivity index (χ1v) is 6.28. The van der Waals surface area contributed by atoms with Crippen molar-refractivity contribution in [1.82, 2.24) is 0 Å². The van der Waals surface area contributed by atoms with E-state index in [1.54, 1.807) is 0 Å². The molecule has 0 bridgehead atoms. The smallest absolute Gasteiger partial charge is 0.0753 e. The molecule has 18 heavy (non-hydrogen) atoms. The summed E-state index contributed by atoms with van der Waals surface area (Å²) in [5.41, 5.74) is 3.47. The van der Waals surface area contributed by atoms with Gasteiger partial charge in [-0.25, -0.2) is 0 Å². The van der Waals surface area contributed by atoms with Gasteiger partial charge in [-0.05, 0) is 42.2 Å². The average Bonchev–Trinajstić information content (AvgIpc) is 2.39. The number of aryl methyl sites for hydroxylation is 1. The first kappa shape index (κ1) is 12.7. The molecule has 0 aliphatic heterocycles. The molecule has 0 radical (unpaired) electrons. The van der Waals surface area contributed by atoms with Gasteiger partial charge in [0.1, 0.15) is 0 Å². The topological polar surface area (TPSA) is 23.8 Å². The standard InChI is InChI=1S/C16H14ClN/c1-12-4-2-3-5-14(12)10-15(11-18)13-6-8-16(17)9-7-13/h2-9,15H,10H2,1H3. The third-order valence-electron chi connectivity index (χ3n) is 3.11. The Morgan fingerprint density at radius 2 is 1.78 bits per heavy atom. The molecule has 0 saturated heterocycles. The van der Waals surface area contributed by atoms with Crippen molar-refractivity contribution < 1.29 is 0 Å². The van der Waals surface area contributed by atoms with Crippen molar-refractivity contribution >= 4 is 11.6 Å². The monoisotopic (exact) mass is 255 g/mol. The van der Waals surface area contributed by atoms with Gasteiger partial charge in [0.2, 0.25) is 0 Å². The maximum absolute atomic E-state index is 9.32. The fourth-order valence-electron chi connectivity index (χ4n) is 1.99. The van der Waals surface area contributed by atoms with E-state index in [2.05, 4.69) is 25.1 Å². The molecule has 0 aromatic heterocycles. The van der Waals surface area contributed by atoms with Crippen molar-refractivity contribution in [3.8, 4) is 6.07 Å². The highest BCUT2D eigenvalue weighted by Gasteiger charge is 2.12. The Hall–Kier alpha value is -1.78. The van der Waals surface area contributed by atoms with Crippen molar-refractivity contribution in [1.29, 1.82) is 5.26 Å². The number of rotatable bonds is 3. The summed E-state index contributed by atoms with van der Waals surface area (Å²) < 4.78 is 0. The van der Waals surface area contributed by atoms with E-state index in [0.717, 1.165) is 12.0 Å². The first-order valence-electron chi connectivity index (χ1n) is 5.90. The quantitative estimate of drug-likeness (QED) is 0.792. The van der Waals surface area contributed by atoms with Crippen molar-refractivity contribution in [3.63, 3.8) is 0 Å². The Labute approximate surface area is 113 Å². The summed E-state index contributed by atoms with van der Waals surface area (Å²) in [6.45, 7) is 2.08. The fraction of sp³-hybridized carbons (Fsp3) is 0.188. The van der Waals surface area contributed by atoms with Crippen LogP contribution in [-0.4, -0.2) is 0 Å². The average molecular weight is 256 g/mol. The van der Waals surface area contributed by atoms with Crippen LogP contribution in [0.3, 0.4) is 0 Å². The Balaban J connectivity index is 2.23. The van der Waals surface area contributed by atoms with Gasteiger partial charge in [0.05, 0.1) is 12.0 Å². The van der Waals surface area contributed by atoms with Gasteiger partial charge in [0.15, 0.2) is 0 Å². The first-order chi connectivity index (χ1) is 8.70. The molecular formula is C16H14ClN. The Morgan fingerprint density at radius 1 is 1.11 bits per heavy atom. The second-order valence-corrected chi connectivity index (χ2v) is 4.80. The van der Waals surface area contributed by atoms with Gasteiger partial charge in [-0.15, -0.1) is 0 Å². The molecule has 0 amide bonds.